The van der Waals surface area contributed by atoms with E-state index in [0.29, 0.717) is 6.10 Å². The summed E-state index contributed by atoms with van der Waals surface area (Å²) in [6.07, 6.45) is 5.67. The molecular weight excluding hydrogens is 228 g/mol. The molecule has 18 heavy (non-hydrogen) atoms. The van der Waals surface area contributed by atoms with E-state index in [2.05, 4.69) is 15.5 Å². The third-order valence-electron chi connectivity index (χ3n) is 3.31. The predicted molar refractivity (Wildman–Crippen MR) is 68.5 cm³/mol. The summed E-state index contributed by atoms with van der Waals surface area (Å²) >= 11 is 0. The van der Waals surface area contributed by atoms with E-state index in [-0.39, 0.29) is 0 Å². The second kappa shape index (κ2) is 5.46. The van der Waals surface area contributed by atoms with Gasteiger partial charge in [-0.2, -0.15) is 0 Å². The molecule has 3 heterocycles. The van der Waals surface area contributed by atoms with Crippen molar-refractivity contribution in [3.8, 4) is 0 Å². The summed E-state index contributed by atoms with van der Waals surface area (Å²) in [6.45, 7) is 2.77. The molecule has 5 heteroatoms. The molecule has 0 bridgehead atoms. The van der Waals surface area contributed by atoms with Gasteiger partial charge in [-0.1, -0.05) is 6.07 Å². The number of nitrogens with one attached hydrogen (secondary N) is 1. The Balaban J connectivity index is 1.50. The maximum Gasteiger partial charge on any atom is 0.160 e. The zero-order valence-corrected chi connectivity index (χ0v) is 10.4. The van der Waals surface area contributed by atoms with Crippen LogP contribution in [0.25, 0.3) is 5.65 Å². The van der Waals surface area contributed by atoms with Gasteiger partial charge in [0.1, 0.15) is 5.82 Å². The molecule has 2 aromatic rings. The molecule has 2 aromatic heterocycles. The first-order valence-electron chi connectivity index (χ1n) is 6.54. The molecule has 1 aliphatic heterocycles. The van der Waals surface area contributed by atoms with E-state index in [9.17, 15) is 0 Å². The Morgan fingerprint density at radius 1 is 1.39 bits per heavy atom. The molecule has 96 valence electrons. The van der Waals surface area contributed by atoms with Gasteiger partial charge in [0.05, 0.1) is 6.10 Å². The third kappa shape index (κ3) is 2.52. The second-order valence-electron chi connectivity index (χ2n) is 4.63. The molecule has 1 fully saturated rings. The number of nitrogens with zero attached hydrogens (tertiary/aromatic N) is 3. The molecule has 1 unspecified atom stereocenters. The molecule has 0 aromatic carbocycles. The van der Waals surface area contributed by atoms with E-state index < -0.39 is 0 Å². The van der Waals surface area contributed by atoms with Gasteiger partial charge in [-0.15, -0.1) is 10.2 Å². The average molecular weight is 246 g/mol. The Bertz CT molecular complexity index is 504. The molecule has 1 aliphatic rings. The normalized spacial score (nSPS) is 19.7. The molecule has 0 saturated carbocycles. The van der Waals surface area contributed by atoms with Gasteiger partial charge < -0.3 is 10.1 Å². The van der Waals surface area contributed by atoms with Crippen LogP contribution in [-0.2, 0) is 11.2 Å². The molecule has 0 radical (unpaired) electrons. The van der Waals surface area contributed by atoms with Crippen molar-refractivity contribution in [2.75, 3.05) is 19.7 Å². The number of ether oxygens (including phenoxy) is 1. The lowest BCUT2D eigenvalue weighted by Crippen LogP contribution is -2.28. The van der Waals surface area contributed by atoms with E-state index in [1.165, 1.54) is 12.8 Å². The Labute approximate surface area is 106 Å². The van der Waals surface area contributed by atoms with E-state index in [4.69, 9.17) is 4.74 Å². The van der Waals surface area contributed by atoms with Crippen molar-refractivity contribution in [2.24, 2.45) is 0 Å². The molecule has 0 aliphatic carbocycles. The molecule has 1 atom stereocenters. The van der Waals surface area contributed by atoms with Gasteiger partial charge in [-0.3, -0.25) is 4.40 Å². The predicted octanol–water partition coefficient (Wildman–Crippen LogP) is 1.04. The topological polar surface area (TPSA) is 51.5 Å². The molecule has 0 spiro atoms. The Hall–Kier alpha value is -1.46. The lowest BCUT2D eigenvalue weighted by Gasteiger charge is -2.09. The highest BCUT2D eigenvalue weighted by Gasteiger charge is 2.14. The summed E-state index contributed by atoms with van der Waals surface area (Å²) in [5, 5.41) is 11.8. The number of rotatable bonds is 5. The van der Waals surface area contributed by atoms with Gasteiger partial charge in [0.2, 0.25) is 0 Å². The molecule has 1 saturated heterocycles. The van der Waals surface area contributed by atoms with Gasteiger partial charge in [0, 0.05) is 32.3 Å². The minimum Gasteiger partial charge on any atom is -0.377 e. The summed E-state index contributed by atoms with van der Waals surface area (Å²) < 4.78 is 7.60. The van der Waals surface area contributed by atoms with Crippen molar-refractivity contribution in [1.29, 1.82) is 0 Å². The van der Waals surface area contributed by atoms with Crippen molar-refractivity contribution in [3.63, 3.8) is 0 Å². The Kier molecular flexibility index (Phi) is 3.52. The van der Waals surface area contributed by atoms with Crippen LogP contribution < -0.4 is 5.32 Å². The zero-order chi connectivity index (χ0) is 12.2. The fraction of sp³-hybridized carbons (Fsp3) is 0.538. The van der Waals surface area contributed by atoms with Crippen molar-refractivity contribution in [1.82, 2.24) is 19.9 Å². The first kappa shape index (κ1) is 11.6. The maximum absolute atomic E-state index is 5.56. The summed E-state index contributed by atoms with van der Waals surface area (Å²) in [5.74, 6) is 1.01. The monoisotopic (exact) mass is 246 g/mol. The minimum atomic E-state index is 0.403. The number of fused-ring (bicyclic) bond motifs is 1. The van der Waals surface area contributed by atoms with Crippen LogP contribution in [0.5, 0.6) is 0 Å². The van der Waals surface area contributed by atoms with Crippen LogP contribution in [0, 0.1) is 0 Å². The first-order valence-corrected chi connectivity index (χ1v) is 6.54. The lowest BCUT2D eigenvalue weighted by atomic mass is 10.2. The number of aromatic nitrogens is 3. The fourth-order valence-corrected chi connectivity index (χ4v) is 2.33. The minimum absolute atomic E-state index is 0.403. The highest BCUT2D eigenvalue weighted by molar-refractivity contribution is 5.36. The van der Waals surface area contributed by atoms with E-state index in [0.717, 1.165) is 37.6 Å². The third-order valence-corrected chi connectivity index (χ3v) is 3.31. The number of hydrogen-bond acceptors (Lipinski definition) is 4. The van der Waals surface area contributed by atoms with Crippen LogP contribution in [0.4, 0.5) is 0 Å². The number of hydrogen-bond donors (Lipinski definition) is 1. The molecule has 0 amide bonds. The van der Waals surface area contributed by atoms with Crippen molar-refractivity contribution >= 4 is 5.65 Å². The number of pyridine rings is 1. The maximum atomic E-state index is 5.56. The van der Waals surface area contributed by atoms with Gasteiger partial charge in [0.25, 0.3) is 0 Å². The molecule has 1 N–H and O–H groups in total. The fourth-order valence-electron chi connectivity index (χ4n) is 2.33. The van der Waals surface area contributed by atoms with Crippen LogP contribution in [0.1, 0.15) is 18.7 Å². The van der Waals surface area contributed by atoms with E-state index >= 15 is 0 Å². The average Bonchev–Trinajstić information content (AvgIpc) is 3.04. The van der Waals surface area contributed by atoms with E-state index in [1.807, 2.05) is 28.8 Å². The zero-order valence-electron chi connectivity index (χ0n) is 10.4. The highest BCUT2D eigenvalue weighted by Crippen LogP contribution is 2.10. The summed E-state index contributed by atoms with van der Waals surface area (Å²) in [7, 11) is 0. The first-order chi connectivity index (χ1) is 8.93. The quantitative estimate of drug-likeness (QED) is 0.801. The Morgan fingerprint density at radius 2 is 2.39 bits per heavy atom. The van der Waals surface area contributed by atoms with Gasteiger partial charge in [-0.05, 0) is 25.0 Å². The lowest BCUT2D eigenvalue weighted by molar-refractivity contribution is 0.110. The standard InChI is InChI=1S/C13H18N4O/c1-2-8-17-12(5-1)15-16-13(17)6-7-14-10-11-4-3-9-18-11/h1-2,5,8,11,14H,3-4,6-7,9-10H2. The van der Waals surface area contributed by atoms with Crippen LogP contribution in [0.3, 0.4) is 0 Å². The second-order valence-corrected chi connectivity index (χ2v) is 4.63. The molecular formula is C13H18N4O. The highest BCUT2D eigenvalue weighted by atomic mass is 16.5. The summed E-state index contributed by atoms with van der Waals surface area (Å²) in [6, 6.07) is 5.94. The molecule has 3 rings (SSSR count). The van der Waals surface area contributed by atoms with Crippen molar-refractivity contribution in [3.05, 3.63) is 30.2 Å². The van der Waals surface area contributed by atoms with Crippen LogP contribution in [0.2, 0.25) is 0 Å². The largest absolute Gasteiger partial charge is 0.377 e. The van der Waals surface area contributed by atoms with Crippen molar-refractivity contribution < 1.29 is 4.74 Å². The van der Waals surface area contributed by atoms with E-state index in [1.54, 1.807) is 0 Å². The van der Waals surface area contributed by atoms with Gasteiger partial charge in [-0.25, -0.2) is 0 Å². The smallest absolute Gasteiger partial charge is 0.160 e. The van der Waals surface area contributed by atoms with Gasteiger partial charge in [0.15, 0.2) is 5.65 Å². The molecule has 5 nitrogen and oxygen atoms in total. The van der Waals surface area contributed by atoms with Crippen LogP contribution in [-0.4, -0.2) is 40.4 Å². The van der Waals surface area contributed by atoms with Crippen molar-refractivity contribution in [2.45, 2.75) is 25.4 Å². The van der Waals surface area contributed by atoms with Gasteiger partial charge >= 0.3 is 0 Å². The summed E-state index contributed by atoms with van der Waals surface area (Å²) in [4.78, 5) is 0. The SMILES string of the molecule is c1ccn2c(CCNCC3CCCO3)nnc2c1. The summed E-state index contributed by atoms with van der Waals surface area (Å²) in [5.41, 5.74) is 0.909. The van der Waals surface area contributed by atoms with Crippen LogP contribution in [0.15, 0.2) is 24.4 Å². The Morgan fingerprint density at radius 3 is 3.28 bits per heavy atom. The van der Waals surface area contributed by atoms with Crippen LogP contribution >= 0.6 is 0 Å².